The summed E-state index contributed by atoms with van der Waals surface area (Å²) in [7, 11) is 0. The van der Waals surface area contributed by atoms with Crippen molar-refractivity contribution in [3.8, 4) is 6.07 Å². The van der Waals surface area contributed by atoms with Gasteiger partial charge in [0.05, 0.1) is 6.07 Å². The van der Waals surface area contributed by atoms with E-state index in [1.807, 2.05) is 4.90 Å². The summed E-state index contributed by atoms with van der Waals surface area (Å²) < 4.78 is 0. The Balaban J connectivity index is 2.16. The third-order valence-electron chi connectivity index (χ3n) is 4.48. The molecule has 100 valence electrons. The SMILES string of the molecule is CC(C)CC1(C(=O)N2CCCC2C#N)CCCC1. The van der Waals surface area contributed by atoms with Crippen molar-refractivity contribution < 1.29 is 4.79 Å². The summed E-state index contributed by atoms with van der Waals surface area (Å²) in [5, 5.41) is 9.15. The molecule has 0 aromatic heterocycles. The normalized spacial score (nSPS) is 26.6. The Labute approximate surface area is 110 Å². The lowest BCUT2D eigenvalue weighted by molar-refractivity contribution is -0.143. The molecule has 0 aromatic rings. The fourth-order valence-electron chi connectivity index (χ4n) is 3.79. The van der Waals surface area contributed by atoms with E-state index in [1.54, 1.807) is 0 Å². The van der Waals surface area contributed by atoms with Crippen molar-refractivity contribution in [2.45, 2.75) is 64.8 Å². The fraction of sp³-hybridized carbons (Fsp3) is 0.867. The zero-order valence-corrected chi connectivity index (χ0v) is 11.6. The van der Waals surface area contributed by atoms with E-state index in [-0.39, 0.29) is 17.4 Å². The van der Waals surface area contributed by atoms with Gasteiger partial charge in [-0.15, -0.1) is 0 Å². The van der Waals surface area contributed by atoms with Gasteiger partial charge in [0.15, 0.2) is 0 Å². The van der Waals surface area contributed by atoms with Crippen LogP contribution in [0.2, 0.25) is 0 Å². The van der Waals surface area contributed by atoms with E-state index in [0.717, 1.165) is 38.6 Å². The minimum absolute atomic E-state index is 0.145. The van der Waals surface area contributed by atoms with E-state index in [1.165, 1.54) is 12.8 Å². The average Bonchev–Trinajstić information content (AvgIpc) is 2.95. The summed E-state index contributed by atoms with van der Waals surface area (Å²) >= 11 is 0. The van der Waals surface area contributed by atoms with Crippen molar-refractivity contribution in [2.24, 2.45) is 11.3 Å². The van der Waals surface area contributed by atoms with E-state index in [9.17, 15) is 4.79 Å². The number of nitrogens with zero attached hydrogens (tertiary/aromatic N) is 2. The smallest absolute Gasteiger partial charge is 0.229 e. The second-order valence-electron chi connectivity index (χ2n) is 6.37. The van der Waals surface area contributed by atoms with Gasteiger partial charge < -0.3 is 4.90 Å². The van der Waals surface area contributed by atoms with Gasteiger partial charge >= 0.3 is 0 Å². The molecule has 2 rings (SSSR count). The highest BCUT2D eigenvalue weighted by molar-refractivity contribution is 5.84. The largest absolute Gasteiger partial charge is 0.326 e. The van der Waals surface area contributed by atoms with Gasteiger partial charge in [-0.2, -0.15) is 5.26 Å². The summed E-state index contributed by atoms with van der Waals surface area (Å²) in [6.45, 7) is 5.18. The average molecular weight is 248 g/mol. The van der Waals surface area contributed by atoms with Crippen molar-refractivity contribution in [3.05, 3.63) is 0 Å². The zero-order valence-electron chi connectivity index (χ0n) is 11.6. The number of likely N-dealkylation sites (tertiary alicyclic amines) is 1. The third-order valence-corrected chi connectivity index (χ3v) is 4.48. The van der Waals surface area contributed by atoms with Crippen LogP contribution in [0.25, 0.3) is 0 Å². The molecule has 2 aliphatic rings. The molecule has 3 heteroatoms. The predicted octanol–water partition coefficient (Wildman–Crippen LogP) is 3.11. The van der Waals surface area contributed by atoms with Gasteiger partial charge in [-0.3, -0.25) is 4.79 Å². The van der Waals surface area contributed by atoms with Gasteiger partial charge in [-0.1, -0.05) is 26.7 Å². The maximum absolute atomic E-state index is 12.8. The molecule has 1 saturated heterocycles. The predicted molar refractivity (Wildman–Crippen MR) is 70.7 cm³/mol. The van der Waals surface area contributed by atoms with Crippen LogP contribution in [-0.4, -0.2) is 23.4 Å². The Kier molecular flexibility index (Phi) is 3.94. The van der Waals surface area contributed by atoms with Crippen molar-refractivity contribution >= 4 is 5.91 Å². The monoisotopic (exact) mass is 248 g/mol. The first-order valence-electron chi connectivity index (χ1n) is 7.30. The molecule has 0 N–H and O–H groups in total. The Morgan fingerprint density at radius 1 is 1.39 bits per heavy atom. The van der Waals surface area contributed by atoms with Crippen LogP contribution in [0.4, 0.5) is 0 Å². The molecular formula is C15H24N2O. The molecule has 1 unspecified atom stereocenters. The summed E-state index contributed by atoms with van der Waals surface area (Å²) in [6.07, 6.45) is 7.23. The van der Waals surface area contributed by atoms with Crippen LogP contribution in [0.5, 0.6) is 0 Å². The second kappa shape index (κ2) is 5.30. The van der Waals surface area contributed by atoms with Gasteiger partial charge in [-0.05, 0) is 38.0 Å². The van der Waals surface area contributed by atoms with Crippen LogP contribution in [0.15, 0.2) is 0 Å². The van der Waals surface area contributed by atoms with Crippen molar-refractivity contribution in [1.82, 2.24) is 4.90 Å². The zero-order chi connectivity index (χ0) is 13.2. The van der Waals surface area contributed by atoms with E-state index in [0.29, 0.717) is 5.92 Å². The molecule has 1 aliphatic heterocycles. The number of amides is 1. The Morgan fingerprint density at radius 3 is 2.61 bits per heavy atom. The molecule has 3 nitrogen and oxygen atoms in total. The molecular weight excluding hydrogens is 224 g/mol. The van der Waals surface area contributed by atoms with Gasteiger partial charge in [-0.25, -0.2) is 0 Å². The number of rotatable bonds is 3. The molecule has 0 bridgehead atoms. The van der Waals surface area contributed by atoms with Crippen LogP contribution in [0.3, 0.4) is 0 Å². The van der Waals surface area contributed by atoms with Crippen LogP contribution in [0.1, 0.15) is 58.8 Å². The van der Waals surface area contributed by atoms with Gasteiger partial charge in [0, 0.05) is 12.0 Å². The topological polar surface area (TPSA) is 44.1 Å². The minimum Gasteiger partial charge on any atom is -0.326 e. The van der Waals surface area contributed by atoms with Gasteiger partial charge in [0.1, 0.15) is 6.04 Å². The van der Waals surface area contributed by atoms with Crippen LogP contribution in [-0.2, 0) is 4.79 Å². The summed E-state index contributed by atoms with van der Waals surface area (Å²) in [5.74, 6) is 0.827. The summed E-state index contributed by atoms with van der Waals surface area (Å²) in [4.78, 5) is 14.7. The lowest BCUT2D eigenvalue weighted by atomic mass is 9.77. The summed E-state index contributed by atoms with van der Waals surface area (Å²) in [5.41, 5.74) is -0.145. The van der Waals surface area contributed by atoms with E-state index < -0.39 is 0 Å². The van der Waals surface area contributed by atoms with E-state index in [2.05, 4.69) is 19.9 Å². The Hall–Kier alpha value is -1.04. The van der Waals surface area contributed by atoms with Gasteiger partial charge in [0.2, 0.25) is 5.91 Å². The van der Waals surface area contributed by atoms with E-state index in [4.69, 9.17) is 5.26 Å². The fourth-order valence-corrected chi connectivity index (χ4v) is 3.79. The molecule has 1 aliphatic carbocycles. The number of hydrogen-bond donors (Lipinski definition) is 0. The quantitative estimate of drug-likeness (QED) is 0.770. The Bertz CT molecular complexity index is 350. The number of hydrogen-bond acceptors (Lipinski definition) is 2. The van der Waals surface area contributed by atoms with Crippen LogP contribution in [0, 0.1) is 22.7 Å². The third kappa shape index (κ3) is 2.39. The van der Waals surface area contributed by atoms with Gasteiger partial charge in [0.25, 0.3) is 0 Å². The number of carbonyl (C=O) groups excluding carboxylic acids is 1. The number of nitriles is 1. The highest BCUT2D eigenvalue weighted by Gasteiger charge is 2.46. The molecule has 2 fully saturated rings. The Morgan fingerprint density at radius 2 is 2.06 bits per heavy atom. The molecule has 18 heavy (non-hydrogen) atoms. The second-order valence-corrected chi connectivity index (χ2v) is 6.37. The van der Waals surface area contributed by atoms with Crippen molar-refractivity contribution in [1.29, 1.82) is 5.26 Å². The molecule has 1 amide bonds. The standard InChI is InChI=1S/C15H24N2O/c1-12(2)10-15(7-3-4-8-15)14(18)17-9-5-6-13(17)11-16/h12-13H,3-10H2,1-2H3. The lowest BCUT2D eigenvalue weighted by Gasteiger charge is -2.35. The first-order chi connectivity index (χ1) is 8.59. The maximum Gasteiger partial charge on any atom is 0.229 e. The molecule has 1 saturated carbocycles. The minimum atomic E-state index is -0.165. The molecule has 1 atom stereocenters. The van der Waals surface area contributed by atoms with Crippen molar-refractivity contribution in [3.63, 3.8) is 0 Å². The molecule has 1 heterocycles. The van der Waals surface area contributed by atoms with E-state index >= 15 is 0 Å². The molecule has 0 spiro atoms. The highest BCUT2D eigenvalue weighted by Crippen LogP contribution is 2.45. The van der Waals surface area contributed by atoms with Crippen LogP contribution >= 0.6 is 0 Å². The highest BCUT2D eigenvalue weighted by atomic mass is 16.2. The van der Waals surface area contributed by atoms with Crippen LogP contribution < -0.4 is 0 Å². The van der Waals surface area contributed by atoms with Crippen molar-refractivity contribution in [2.75, 3.05) is 6.54 Å². The number of carbonyl (C=O) groups is 1. The maximum atomic E-state index is 12.8. The first kappa shape index (κ1) is 13.4. The first-order valence-corrected chi connectivity index (χ1v) is 7.30. The lowest BCUT2D eigenvalue weighted by Crippen LogP contribution is -2.45. The molecule has 0 aromatic carbocycles. The summed E-state index contributed by atoms with van der Waals surface area (Å²) in [6, 6.07) is 2.13. The molecule has 0 radical (unpaired) electrons.